The van der Waals surface area contributed by atoms with E-state index in [1.807, 2.05) is 44.2 Å². The molecule has 0 radical (unpaired) electrons. The van der Waals surface area contributed by atoms with Gasteiger partial charge in [0.15, 0.2) is 5.78 Å². The van der Waals surface area contributed by atoms with Crippen LogP contribution in [0.15, 0.2) is 48.5 Å². The molecule has 7 amide bonds. The second kappa shape index (κ2) is 18.1. The Morgan fingerprint density at radius 1 is 0.879 bits per heavy atom. The third-order valence-corrected chi connectivity index (χ3v) is 11.8. The van der Waals surface area contributed by atoms with Crippen LogP contribution in [0, 0.1) is 6.92 Å². The zero-order chi connectivity index (χ0) is 41.7. The Kier molecular flexibility index (Phi) is 13.2. The molecule has 0 aromatic heterocycles. The minimum absolute atomic E-state index is 0.0251. The van der Waals surface area contributed by atoms with Gasteiger partial charge in [-0.2, -0.15) is 0 Å². The SMILES string of the molecule is CCc1ccc(NC(=O)N[C@@H](Cc2cccc(C)c2)C(=O)N[C@@H](CO)C(=O)N2C[C@H](O)C[C@H]2C(=O)N2CCCC[C@H]2C(=O)N[C@@H](C)C(=O)N2CCC[C@@]23CC3=O)cc1. The predicted octanol–water partition coefficient (Wildman–Crippen LogP) is 0.949. The monoisotopic (exact) mass is 801 g/mol. The molecule has 6 N–H and O–H groups in total. The van der Waals surface area contributed by atoms with Crippen LogP contribution in [0.25, 0.3) is 0 Å². The highest BCUT2D eigenvalue weighted by Crippen LogP contribution is 2.46. The number of aliphatic hydroxyl groups is 2. The smallest absolute Gasteiger partial charge is 0.319 e. The van der Waals surface area contributed by atoms with Crippen molar-refractivity contribution in [3.05, 3.63) is 65.2 Å². The molecule has 7 atom stereocenters. The van der Waals surface area contributed by atoms with Crippen molar-refractivity contribution < 1.29 is 43.8 Å². The van der Waals surface area contributed by atoms with Crippen molar-refractivity contribution in [2.45, 2.75) is 120 Å². The molecule has 3 heterocycles. The number of carbonyl (C=O) groups excluding carboxylic acids is 7. The molecular weight excluding hydrogens is 747 g/mol. The summed E-state index contributed by atoms with van der Waals surface area (Å²) in [5.41, 5.74) is 2.53. The number of rotatable bonds is 13. The Morgan fingerprint density at radius 3 is 2.29 bits per heavy atom. The third-order valence-electron chi connectivity index (χ3n) is 11.8. The Morgan fingerprint density at radius 2 is 1.62 bits per heavy atom. The van der Waals surface area contributed by atoms with E-state index in [4.69, 9.17) is 0 Å². The highest BCUT2D eigenvalue weighted by atomic mass is 16.3. The number of amides is 7. The van der Waals surface area contributed by atoms with Crippen LogP contribution in [-0.4, -0.2) is 134 Å². The number of anilines is 1. The molecule has 4 fully saturated rings. The van der Waals surface area contributed by atoms with Crippen LogP contribution in [-0.2, 0) is 41.6 Å². The molecule has 312 valence electrons. The number of carbonyl (C=O) groups is 7. The molecule has 16 nitrogen and oxygen atoms in total. The number of Topliss-reactive ketones (excluding diaryl/α,β-unsaturated/α-hetero) is 1. The van der Waals surface area contributed by atoms with Gasteiger partial charge in [-0.25, -0.2) is 4.79 Å². The molecule has 1 spiro atoms. The summed E-state index contributed by atoms with van der Waals surface area (Å²) in [5.74, 6) is -3.00. The van der Waals surface area contributed by atoms with Crippen LogP contribution >= 0.6 is 0 Å². The van der Waals surface area contributed by atoms with Gasteiger partial charge in [-0.3, -0.25) is 28.8 Å². The lowest BCUT2D eigenvalue weighted by Crippen LogP contribution is -2.61. The summed E-state index contributed by atoms with van der Waals surface area (Å²) in [6.07, 6.45) is 2.87. The number of benzene rings is 2. The van der Waals surface area contributed by atoms with Gasteiger partial charge in [0, 0.05) is 44.6 Å². The standard InChI is InChI=1S/C42H55N7O9/c1-4-27-12-14-29(15-13-27)44-41(58)46-31(20-28-10-7-9-25(2)19-28)36(53)45-32(24-50)39(56)48-23-30(51)21-34(48)40(57)47-17-6-5-11-33(47)37(54)43-26(3)38(55)49-18-8-16-42(49)22-35(42)52/h7,9-10,12-15,19,26,30-34,50-51H,4-6,8,11,16-18,20-24H2,1-3H3,(H,43,54)(H,45,53)(H2,44,46,58)/t26-,30+,31-,32-,33-,34-,42-/m0/s1. The second-order valence-electron chi connectivity index (χ2n) is 16.0. The van der Waals surface area contributed by atoms with Crippen LogP contribution in [0.5, 0.6) is 0 Å². The number of piperidine rings is 1. The van der Waals surface area contributed by atoms with E-state index < -0.39 is 78.1 Å². The number of aliphatic hydroxyl groups excluding tert-OH is 2. The molecule has 4 aliphatic rings. The third kappa shape index (κ3) is 9.34. The van der Waals surface area contributed by atoms with Crippen LogP contribution < -0.4 is 21.3 Å². The average Bonchev–Trinajstić information content (AvgIpc) is 3.47. The molecule has 0 bridgehead atoms. The number of aryl methyl sites for hydroxylation is 2. The summed E-state index contributed by atoms with van der Waals surface area (Å²) in [6, 6.07) is 8.20. The number of hydrogen-bond donors (Lipinski definition) is 6. The molecule has 1 aliphatic carbocycles. The van der Waals surface area contributed by atoms with E-state index in [1.165, 1.54) is 4.90 Å². The summed E-state index contributed by atoms with van der Waals surface area (Å²) in [4.78, 5) is 98.6. The van der Waals surface area contributed by atoms with Crippen molar-refractivity contribution in [2.75, 3.05) is 31.6 Å². The summed E-state index contributed by atoms with van der Waals surface area (Å²) >= 11 is 0. The number of nitrogens with zero attached hydrogens (tertiary/aromatic N) is 3. The Bertz CT molecular complexity index is 1910. The summed E-state index contributed by atoms with van der Waals surface area (Å²) in [6.45, 7) is 5.02. The largest absolute Gasteiger partial charge is 0.394 e. The van der Waals surface area contributed by atoms with Crippen LogP contribution in [0.4, 0.5) is 10.5 Å². The molecule has 58 heavy (non-hydrogen) atoms. The maximum Gasteiger partial charge on any atom is 0.319 e. The normalized spacial score (nSPS) is 24.2. The fourth-order valence-electron chi connectivity index (χ4n) is 8.54. The fraction of sp³-hybridized carbons (Fsp3) is 0.548. The van der Waals surface area contributed by atoms with Gasteiger partial charge in [0.25, 0.3) is 0 Å². The van der Waals surface area contributed by atoms with Crippen molar-refractivity contribution in [3.8, 4) is 0 Å². The molecule has 0 unspecified atom stereocenters. The van der Waals surface area contributed by atoms with E-state index in [9.17, 15) is 43.8 Å². The highest BCUT2D eigenvalue weighted by Gasteiger charge is 2.62. The summed E-state index contributed by atoms with van der Waals surface area (Å²) in [7, 11) is 0. The van der Waals surface area contributed by atoms with E-state index in [2.05, 4.69) is 21.3 Å². The zero-order valence-corrected chi connectivity index (χ0v) is 33.4. The van der Waals surface area contributed by atoms with E-state index in [-0.39, 0.29) is 37.6 Å². The Balaban J connectivity index is 1.12. The lowest BCUT2D eigenvalue weighted by Gasteiger charge is -2.39. The lowest BCUT2D eigenvalue weighted by molar-refractivity contribution is -0.151. The van der Waals surface area contributed by atoms with E-state index in [0.29, 0.717) is 50.8 Å². The van der Waals surface area contributed by atoms with Crippen molar-refractivity contribution in [1.82, 2.24) is 30.7 Å². The maximum absolute atomic E-state index is 14.2. The fourth-order valence-corrected chi connectivity index (χ4v) is 8.54. The molecule has 2 aromatic carbocycles. The van der Waals surface area contributed by atoms with Crippen molar-refractivity contribution in [3.63, 3.8) is 0 Å². The Labute approximate surface area is 338 Å². The summed E-state index contributed by atoms with van der Waals surface area (Å²) < 4.78 is 0. The van der Waals surface area contributed by atoms with E-state index in [1.54, 1.807) is 30.0 Å². The first kappa shape index (κ1) is 42.3. The topological polar surface area (TPSA) is 218 Å². The summed E-state index contributed by atoms with van der Waals surface area (Å²) in [5, 5.41) is 31.9. The highest BCUT2D eigenvalue weighted by molar-refractivity contribution is 6.09. The van der Waals surface area contributed by atoms with Crippen molar-refractivity contribution in [2.24, 2.45) is 0 Å². The van der Waals surface area contributed by atoms with Gasteiger partial charge < -0.3 is 46.2 Å². The molecule has 3 aliphatic heterocycles. The van der Waals surface area contributed by atoms with Crippen molar-refractivity contribution >= 4 is 47.0 Å². The first-order valence-electron chi connectivity index (χ1n) is 20.3. The number of likely N-dealkylation sites (tertiary alicyclic amines) is 3. The molecule has 16 heteroatoms. The lowest BCUT2D eigenvalue weighted by atomic mass is 9.99. The minimum atomic E-state index is -1.53. The number of urea groups is 1. The van der Waals surface area contributed by atoms with Crippen molar-refractivity contribution in [1.29, 1.82) is 0 Å². The van der Waals surface area contributed by atoms with Gasteiger partial charge in [0.05, 0.1) is 12.7 Å². The van der Waals surface area contributed by atoms with Gasteiger partial charge in [0.1, 0.15) is 35.7 Å². The average molecular weight is 802 g/mol. The molecule has 1 saturated carbocycles. The van der Waals surface area contributed by atoms with Crippen LogP contribution in [0.1, 0.15) is 75.5 Å². The van der Waals surface area contributed by atoms with E-state index >= 15 is 0 Å². The molecule has 3 saturated heterocycles. The quantitative estimate of drug-likeness (QED) is 0.170. The van der Waals surface area contributed by atoms with Gasteiger partial charge in [-0.05, 0) is 75.6 Å². The van der Waals surface area contributed by atoms with Gasteiger partial charge in [-0.1, -0.05) is 48.9 Å². The predicted molar refractivity (Wildman–Crippen MR) is 212 cm³/mol. The maximum atomic E-state index is 14.2. The van der Waals surface area contributed by atoms with Gasteiger partial charge in [-0.15, -0.1) is 0 Å². The minimum Gasteiger partial charge on any atom is -0.394 e. The van der Waals surface area contributed by atoms with Crippen LogP contribution in [0.2, 0.25) is 0 Å². The number of β-amino-alcohol motifs (C(OH)–C–C–N with tert-alkyl or cyclic N) is 1. The zero-order valence-electron chi connectivity index (χ0n) is 33.4. The number of nitrogens with one attached hydrogen (secondary N) is 4. The van der Waals surface area contributed by atoms with Crippen LogP contribution in [0.3, 0.4) is 0 Å². The molecule has 6 rings (SSSR count). The molecular formula is C42H55N7O9. The number of ketones is 1. The molecule has 2 aromatic rings. The van der Waals surface area contributed by atoms with Gasteiger partial charge in [0.2, 0.25) is 29.5 Å². The number of hydrogen-bond acceptors (Lipinski definition) is 9. The second-order valence-corrected chi connectivity index (χ2v) is 16.0. The first-order chi connectivity index (χ1) is 27.7. The van der Waals surface area contributed by atoms with E-state index in [0.717, 1.165) is 28.0 Å². The van der Waals surface area contributed by atoms with Gasteiger partial charge >= 0.3 is 6.03 Å². The first-order valence-corrected chi connectivity index (χ1v) is 20.3. The Hall–Kier alpha value is -5.35.